The van der Waals surface area contributed by atoms with Crippen molar-refractivity contribution in [2.45, 2.75) is 12.8 Å². The lowest BCUT2D eigenvalue weighted by Crippen LogP contribution is -2.35. The third kappa shape index (κ3) is 2.80. The fraction of sp³-hybridized carbons (Fsp3) is 0.636. The van der Waals surface area contributed by atoms with E-state index in [0.29, 0.717) is 11.6 Å². The van der Waals surface area contributed by atoms with Crippen LogP contribution in [-0.4, -0.2) is 42.6 Å². The van der Waals surface area contributed by atoms with Gasteiger partial charge in [-0.3, -0.25) is 4.79 Å². The van der Waals surface area contributed by atoms with Gasteiger partial charge in [0.25, 0.3) is 5.91 Å². The van der Waals surface area contributed by atoms with E-state index in [2.05, 4.69) is 4.98 Å². The van der Waals surface area contributed by atoms with Crippen molar-refractivity contribution in [2.24, 2.45) is 5.92 Å². The Kier molecular flexibility index (Phi) is 3.90. The van der Waals surface area contributed by atoms with Crippen LogP contribution in [-0.2, 0) is 4.74 Å². The summed E-state index contributed by atoms with van der Waals surface area (Å²) in [6, 6.07) is 0. The van der Waals surface area contributed by atoms with Crippen LogP contribution in [0.5, 0.6) is 0 Å². The van der Waals surface area contributed by atoms with Crippen molar-refractivity contribution in [3.05, 3.63) is 16.6 Å². The van der Waals surface area contributed by atoms with Crippen LogP contribution < -0.4 is 0 Å². The first-order chi connectivity index (χ1) is 7.77. The number of hydrogen-bond acceptors (Lipinski definition) is 4. The number of aromatic nitrogens is 1. The molecule has 0 radical (unpaired) electrons. The number of carbonyl (C=O) groups excluding carboxylic acids is 1. The molecule has 1 fully saturated rings. The Morgan fingerprint density at radius 2 is 2.62 bits per heavy atom. The third-order valence-electron chi connectivity index (χ3n) is 2.78. The fourth-order valence-corrected chi connectivity index (χ4v) is 2.46. The van der Waals surface area contributed by atoms with Gasteiger partial charge in [-0.2, -0.15) is 0 Å². The van der Waals surface area contributed by atoms with Crippen LogP contribution >= 0.6 is 11.3 Å². The van der Waals surface area contributed by atoms with Crippen molar-refractivity contribution in [1.82, 2.24) is 9.88 Å². The molecule has 4 nitrogen and oxygen atoms in total. The first-order valence-corrected chi connectivity index (χ1v) is 6.43. The van der Waals surface area contributed by atoms with Crippen molar-refractivity contribution in [3.63, 3.8) is 0 Å². The minimum atomic E-state index is 0.00632. The first-order valence-electron chi connectivity index (χ1n) is 5.49. The van der Waals surface area contributed by atoms with Crippen LogP contribution in [0.3, 0.4) is 0 Å². The molecule has 1 aliphatic heterocycles. The van der Waals surface area contributed by atoms with Gasteiger partial charge in [0.2, 0.25) is 0 Å². The number of ether oxygens (including phenoxy) is 1. The molecule has 1 amide bonds. The predicted molar refractivity (Wildman–Crippen MR) is 62.6 cm³/mol. The molecule has 0 bridgehead atoms. The summed E-state index contributed by atoms with van der Waals surface area (Å²) in [4.78, 5) is 17.7. The highest BCUT2D eigenvalue weighted by atomic mass is 32.1. The van der Waals surface area contributed by atoms with Gasteiger partial charge in [0.1, 0.15) is 5.69 Å². The lowest BCUT2D eigenvalue weighted by atomic mass is 10.0. The summed E-state index contributed by atoms with van der Waals surface area (Å²) in [5.41, 5.74) is 2.23. The number of hydrogen-bond donors (Lipinski definition) is 0. The van der Waals surface area contributed by atoms with Gasteiger partial charge >= 0.3 is 0 Å². The molecule has 88 valence electrons. The van der Waals surface area contributed by atoms with E-state index in [-0.39, 0.29) is 5.91 Å². The van der Waals surface area contributed by atoms with E-state index in [9.17, 15) is 4.79 Å². The molecule has 0 spiro atoms. The second kappa shape index (κ2) is 5.41. The van der Waals surface area contributed by atoms with E-state index in [4.69, 9.17) is 4.74 Å². The van der Waals surface area contributed by atoms with Crippen LogP contribution in [0.1, 0.15) is 23.3 Å². The lowest BCUT2D eigenvalue weighted by Gasteiger charge is -2.26. The van der Waals surface area contributed by atoms with Crippen molar-refractivity contribution < 1.29 is 9.53 Å². The largest absolute Gasteiger partial charge is 0.381 e. The monoisotopic (exact) mass is 240 g/mol. The molecule has 2 heterocycles. The summed E-state index contributed by atoms with van der Waals surface area (Å²) in [5, 5.41) is 1.79. The second-order valence-electron chi connectivity index (χ2n) is 4.14. The maximum atomic E-state index is 11.9. The topological polar surface area (TPSA) is 42.4 Å². The SMILES string of the molecule is CN(CC1CCCOC1)C(=O)c1cscn1. The molecule has 1 aromatic rings. The zero-order valence-corrected chi connectivity index (χ0v) is 10.2. The van der Waals surface area contributed by atoms with E-state index < -0.39 is 0 Å². The molecular weight excluding hydrogens is 224 g/mol. The van der Waals surface area contributed by atoms with Gasteiger partial charge in [0.15, 0.2) is 0 Å². The Balaban J connectivity index is 1.87. The van der Waals surface area contributed by atoms with E-state index in [1.54, 1.807) is 15.8 Å². The van der Waals surface area contributed by atoms with E-state index in [1.165, 1.54) is 11.3 Å². The zero-order chi connectivity index (χ0) is 11.4. The van der Waals surface area contributed by atoms with E-state index >= 15 is 0 Å². The molecule has 0 aromatic carbocycles. The highest BCUT2D eigenvalue weighted by Crippen LogP contribution is 2.15. The molecule has 1 aliphatic rings. The van der Waals surface area contributed by atoms with Crippen LogP contribution in [0.2, 0.25) is 0 Å². The highest BCUT2D eigenvalue weighted by Gasteiger charge is 2.20. The molecule has 2 rings (SSSR count). The number of nitrogens with zero attached hydrogens (tertiary/aromatic N) is 2. The molecule has 0 saturated carbocycles. The molecular formula is C11H16N2O2S. The van der Waals surface area contributed by atoms with Crippen molar-refractivity contribution in [1.29, 1.82) is 0 Å². The van der Waals surface area contributed by atoms with Gasteiger partial charge in [-0.05, 0) is 18.8 Å². The second-order valence-corrected chi connectivity index (χ2v) is 4.86. The van der Waals surface area contributed by atoms with Gasteiger partial charge < -0.3 is 9.64 Å². The molecule has 16 heavy (non-hydrogen) atoms. The minimum Gasteiger partial charge on any atom is -0.381 e. The lowest BCUT2D eigenvalue weighted by molar-refractivity contribution is 0.0387. The summed E-state index contributed by atoms with van der Waals surface area (Å²) in [6.45, 7) is 2.39. The van der Waals surface area contributed by atoms with Crippen LogP contribution in [0, 0.1) is 5.92 Å². The Morgan fingerprint density at radius 3 is 3.25 bits per heavy atom. The van der Waals surface area contributed by atoms with E-state index in [1.807, 2.05) is 7.05 Å². The Hall–Kier alpha value is -0.940. The smallest absolute Gasteiger partial charge is 0.273 e. The fourth-order valence-electron chi connectivity index (χ4n) is 1.94. The number of thiazole rings is 1. The maximum Gasteiger partial charge on any atom is 0.273 e. The summed E-state index contributed by atoms with van der Waals surface area (Å²) in [6.07, 6.45) is 2.25. The third-order valence-corrected chi connectivity index (χ3v) is 3.37. The molecule has 1 saturated heterocycles. The van der Waals surface area contributed by atoms with Gasteiger partial charge in [-0.1, -0.05) is 0 Å². The number of amides is 1. The average Bonchev–Trinajstić information content (AvgIpc) is 2.83. The van der Waals surface area contributed by atoms with E-state index in [0.717, 1.165) is 32.6 Å². The summed E-state index contributed by atoms with van der Waals surface area (Å²) in [5.74, 6) is 0.480. The van der Waals surface area contributed by atoms with Crippen molar-refractivity contribution in [2.75, 3.05) is 26.8 Å². The number of rotatable bonds is 3. The summed E-state index contributed by atoms with van der Waals surface area (Å²) < 4.78 is 5.40. The normalized spacial score (nSPS) is 20.7. The summed E-state index contributed by atoms with van der Waals surface area (Å²) >= 11 is 1.45. The minimum absolute atomic E-state index is 0.00632. The molecule has 1 aromatic heterocycles. The molecule has 0 aliphatic carbocycles. The first kappa shape index (κ1) is 11.5. The van der Waals surface area contributed by atoms with Crippen molar-refractivity contribution >= 4 is 17.2 Å². The van der Waals surface area contributed by atoms with Gasteiger partial charge in [-0.15, -0.1) is 11.3 Å². The Bertz CT molecular complexity index is 334. The number of carbonyl (C=O) groups is 1. The summed E-state index contributed by atoms with van der Waals surface area (Å²) in [7, 11) is 1.83. The van der Waals surface area contributed by atoms with Gasteiger partial charge in [0.05, 0.1) is 12.1 Å². The van der Waals surface area contributed by atoms with Crippen molar-refractivity contribution in [3.8, 4) is 0 Å². The zero-order valence-electron chi connectivity index (χ0n) is 9.39. The molecule has 1 atom stereocenters. The Morgan fingerprint density at radius 1 is 1.75 bits per heavy atom. The molecule has 1 unspecified atom stereocenters. The quantitative estimate of drug-likeness (QED) is 0.806. The van der Waals surface area contributed by atoms with Crippen LogP contribution in [0.25, 0.3) is 0 Å². The highest BCUT2D eigenvalue weighted by molar-refractivity contribution is 7.07. The van der Waals surface area contributed by atoms with Crippen LogP contribution in [0.15, 0.2) is 10.9 Å². The average molecular weight is 240 g/mol. The molecule has 5 heteroatoms. The van der Waals surface area contributed by atoms with Crippen LogP contribution in [0.4, 0.5) is 0 Å². The van der Waals surface area contributed by atoms with Gasteiger partial charge in [-0.25, -0.2) is 4.98 Å². The predicted octanol–water partition coefficient (Wildman–Crippen LogP) is 1.64. The maximum absolute atomic E-state index is 11.9. The van der Waals surface area contributed by atoms with Gasteiger partial charge in [0, 0.05) is 25.6 Å². The molecule has 0 N–H and O–H groups in total. The standard InChI is InChI=1S/C11H16N2O2S/c1-13(5-9-3-2-4-15-6-9)11(14)10-7-16-8-12-10/h7-9H,2-6H2,1H3. The Labute approximate surface area is 99.2 Å².